The fourth-order valence-electron chi connectivity index (χ4n) is 6.64. The molecule has 3 heterocycles. The van der Waals surface area contributed by atoms with Gasteiger partial charge in [-0.1, -0.05) is 52.0 Å². The van der Waals surface area contributed by atoms with Crippen molar-refractivity contribution in [3.8, 4) is 5.75 Å². The van der Waals surface area contributed by atoms with Gasteiger partial charge in [-0.2, -0.15) is 13.2 Å². The van der Waals surface area contributed by atoms with Crippen LogP contribution in [0.5, 0.6) is 5.75 Å². The molecule has 1 aromatic heterocycles. The Bertz CT molecular complexity index is 1340. The van der Waals surface area contributed by atoms with E-state index in [2.05, 4.69) is 10.3 Å². The van der Waals surface area contributed by atoms with Crippen molar-refractivity contribution in [3.63, 3.8) is 0 Å². The minimum atomic E-state index is -4.58. The molecule has 1 saturated carbocycles. The van der Waals surface area contributed by atoms with Gasteiger partial charge in [-0.3, -0.25) is 19.5 Å². The molecule has 5 rings (SSSR count). The molecule has 0 saturated heterocycles. The van der Waals surface area contributed by atoms with E-state index in [-0.39, 0.29) is 35.9 Å². The van der Waals surface area contributed by atoms with Gasteiger partial charge in [-0.05, 0) is 36.0 Å². The van der Waals surface area contributed by atoms with Gasteiger partial charge in [0.1, 0.15) is 5.75 Å². The summed E-state index contributed by atoms with van der Waals surface area (Å²) in [5.74, 6) is -1.34. The molecule has 2 aromatic rings. The van der Waals surface area contributed by atoms with Gasteiger partial charge in [-0.15, -0.1) is 0 Å². The van der Waals surface area contributed by atoms with E-state index in [1.54, 1.807) is 36.7 Å². The van der Waals surface area contributed by atoms with Gasteiger partial charge < -0.3 is 15.8 Å². The number of benzene rings is 1. The number of nitrogens with one attached hydrogen (secondary N) is 1. The van der Waals surface area contributed by atoms with Crippen LogP contribution in [-0.4, -0.2) is 45.5 Å². The van der Waals surface area contributed by atoms with Gasteiger partial charge in [0, 0.05) is 36.2 Å². The minimum Gasteiger partial charge on any atom is -0.480 e. The first kappa shape index (κ1) is 28.9. The summed E-state index contributed by atoms with van der Waals surface area (Å²) in [4.78, 5) is 38.0. The Morgan fingerprint density at radius 2 is 1.90 bits per heavy atom. The molecule has 0 bridgehead atoms. The van der Waals surface area contributed by atoms with Crippen LogP contribution in [0.15, 0.2) is 53.8 Å². The number of aromatic nitrogens is 1. The zero-order valence-electron chi connectivity index (χ0n) is 23.6. The molecular formula is C30H36F3N5O3. The molecule has 1 fully saturated rings. The lowest BCUT2D eigenvalue weighted by atomic mass is 9.86. The van der Waals surface area contributed by atoms with E-state index in [1.165, 1.54) is 11.0 Å². The summed E-state index contributed by atoms with van der Waals surface area (Å²) >= 11 is 0. The van der Waals surface area contributed by atoms with Gasteiger partial charge in [0.25, 0.3) is 0 Å². The predicted octanol–water partition coefficient (Wildman–Crippen LogP) is 5.07. The topological polar surface area (TPSA) is 110 Å². The summed E-state index contributed by atoms with van der Waals surface area (Å²) in [6, 6.07) is 8.53. The van der Waals surface area contributed by atoms with Crippen molar-refractivity contribution in [2.75, 3.05) is 0 Å². The smallest absolute Gasteiger partial charge is 0.425 e. The van der Waals surface area contributed by atoms with E-state index >= 15 is 0 Å². The fraction of sp³-hybridized carbons (Fsp3) is 0.533. The summed E-state index contributed by atoms with van der Waals surface area (Å²) in [7, 11) is 0. The summed E-state index contributed by atoms with van der Waals surface area (Å²) in [6.07, 6.45) is -2.26. The molecule has 1 aromatic carbocycles. The third-order valence-corrected chi connectivity index (χ3v) is 9.20. The molecule has 5 atom stereocenters. The van der Waals surface area contributed by atoms with E-state index in [9.17, 15) is 22.8 Å². The second-order valence-electron chi connectivity index (χ2n) is 11.9. The summed E-state index contributed by atoms with van der Waals surface area (Å²) in [5.41, 5.74) is 6.53. The lowest BCUT2D eigenvalue weighted by molar-refractivity contribution is -0.201. The second kappa shape index (κ2) is 10.3. The number of rotatable bonds is 7. The number of hydrogen-bond donors (Lipinski definition) is 2. The van der Waals surface area contributed by atoms with E-state index in [4.69, 9.17) is 15.5 Å². The highest BCUT2D eigenvalue weighted by Gasteiger charge is 2.67. The second-order valence-corrected chi connectivity index (χ2v) is 11.9. The Balaban J connectivity index is 1.47. The van der Waals surface area contributed by atoms with Crippen LogP contribution in [0.3, 0.4) is 0 Å². The maximum atomic E-state index is 13.8. The largest absolute Gasteiger partial charge is 0.480 e. The van der Waals surface area contributed by atoms with Crippen LogP contribution < -0.4 is 15.8 Å². The molecule has 8 nitrogen and oxygen atoms in total. The van der Waals surface area contributed by atoms with Crippen molar-refractivity contribution in [2.24, 2.45) is 28.0 Å². The molecule has 220 valence electrons. The average molecular weight is 572 g/mol. The molecule has 2 aliphatic heterocycles. The molecule has 1 unspecified atom stereocenters. The van der Waals surface area contributed by atoms with Crippen molar-refractivity contribution in [1.29, 1.82) is 0 Å². The lowest BCUT2D eigenvalue weighted by Crippen LogP contribution is -2.53. The molecule has 11 heteroatoms. The number of hydrogen-bond acceptors (Lipinski definition) is 6. The Morgan fingerprint density at radius 1 is 1.20 bits per heavy atom. The number of pyridine rings is 1. The molecule has 3 aliphatic rings. The van der Waals surface area contributed by atoms with E-state index in [0.29, 0.717) is 24.0 Å². The Labute approximate surface area is 237 Å². The zero-order chi connectivity index (χ0) is 29.7. The molecular weight excluding hydrogens is 535 g/mol. The highest BCUT2D eigenvalue weighted by atomic mass is 19.4. The predicted molar refractivity (Wildman–Crippen MR) is 147 cm³/mol. The quantitative estimate of drug-likeness (QED) is 0.482. The normalized spacial score (nSPS) is 27.2. The number of para-hydroxylation sites is 1. The van der Waals surface area contributed by atoms with Crippen LogP contribution in [0.4, 0.5) is 13.2 Å². The SMILES string of the molecule is CCC1(CC)CC(=O)N([C@H](c2cccnc2)[C@@H]2C(C(=O)N[C@H]3C[C@@H](C(F)(F)F)Oc4ccccc43)C2(C)C)C(N)=N1. The van der Waals surface area contributed by atoms with Crippen LogP contribution in [0.2, 0.25) is 0 Å². The van der Waals surface area contributed by atoms with Crippen LogP contribution in [-0.2, 0) is 9.59 Å². The Hall–Kier alpha value is -3.63. The van der Waals surface area contributed by atoms with E-state index < -0.39 is 47.7 Å². The van der Waals surface area contributed by atoms with Gasteiger partial charge in [0.2, 0.25) is 11.8 Å². The van der Waals surface area contributed by atoms with E-state index in [1.807, 2.05) is 33.8 Å². The molecule has 0 spiro atoms. The van der Waals surface area contributed by atoms with Crippen molar-refractivity contribution < 1.29 is 27.5 Å². The first-order valence-electron chi connectivity index (χ1n) is 14.0. The summed E-state index contributed by atoms with van der Waals surface area (Å²) in [6.45, 7) is 7.80. The van der Waals surface area contributed by atoms with E-state index in [0.717, 1.165) is 0 Å². The van der Waals surface area contributed by atoms with Crippen LogP contribution >= 0.6 is 0 Å². The number of alkyl halides is 3. The van der Waals surface area contributed by atoms with Crippen LogP contribution in [0.1, 0.15) is 76.6 Å². The number of carbonyl (C=O) groups is 2. The molecule has 1 aliphatic carbocycles. The fourth-order valence-corrected chi connectivity index (χ4v) is 6.64. The monoisotopic (exact) mass is 571 g/mol. The number of amides is 2. The standard InChI is InChI=1S/C30H36F3N5O3/c1-5-29(6-2)15-22(39)38(27(34)37-29)25(17-10-9-13-35-16-17)23-24(28(23,3)4)26(40)36-19-14-21(30(31,32)33)41-20-12-8-7-11-18(19)20/h7-13,16,19,21,23-25H,5-6,14-15H2,1-4H3,(H2,34,37)(H,36,40)/t19-,21-,23-,24?,25+/m0/s1. The number of nitrogens with two attached hydrogens (primary N) is 1. The third-order valence-electron chi connectivity index (χ3n) is 9.20. The number of carbonyl (C=O) groups excluding carboxylic acids is 2. The minimum absolute atomic E-state index is 0.101. The number of nitrogens with zero attached hydrogens (tertiary/aromatic N) is 3. The zero-order valence-corrected chi connectivity index (χ0v) is 23.6. The third kappa shape index (κ3) is 5.15. The maximum absolute atomic E-state index is 13.8. The lowest BCUT2D eigenvalue weighted by Gasteiger charge is -2.40. The number of aliphatic imine (C=N–C) groups is 1. The molecule has 41 heavy (non-hydrogen) atoms. The van der Waals surface area contributed by atoms with Gasteiger partial charge in [-0.25, -0.2) is 4.99 Å². The first-order chi connectivity index (χ1) is 19.3. The van der Waals surface area contributed by atoms with Gasteiger partial charge in [0.05, 0.1) is 24.0 Å². The van der Waals surface area contributed by atoms with Crippen molar-refractivity contribution in [3.05, 3.63) is 59.9 Å². The van der Waals surface area contributed by atoms with Crippen LogP contribution in [0, 0.1) is 17.3 Å². The van der Waals surface area contributed by atoms with Crippen molar-refractivity contribution >= 4 is 17.8 Å². The number of fused-ring (bicyclic) bond motifs is 1. The number of halogens is 3. The summed E-state index contributed by atoms with van der Waals surface area (Å²) in [5, 5.41) is 2.89. The molecule has 2 amide bonds. The summed E-state index contributed by atoms with van der Waals surface area (Å²) < 4.78 is 46.3. The highest BCUT2D eigenvalue weighted by Crippen LogP contribution is 2.65. The highest BCUT2D eigenvalue weighted by molar-refractivity contribution is 6.00. The maximum Gasteiger partial charge on any atom is 0.425 e. The molecule has 0 radical (unpaired) electrons. The van der Waals surface area contributed by atoms with Crippen LogP contribution in [0.25, 0.3) is 0 Å². The van der Waals surface area contributed by atoms with Gasteiger partial charge in [0.15, 0.2) is 12.1 Å². The Morgan fingerprint density at radius 3 is 2.51 bits per heavy atom. The number of guanidine groups is 1. The van der Waals surface area contributed by atoms with Crippen molar-refractivity contribution in [2.45, 2.75) is 83.3 Å². The van der Waals surface area contributed by atoms with Gasteiger partial charge >= 0.3 is 6.18 Å². The first-order valence-corrected chi connectivity index (χ1v) is 14.0. The average Bonchev–Trinajstić information content (AvgIpc) is 3.51. The molecule has 3 N–H and O–H groups in total. The van der Waals surface area contributed by atoms with Crippen molar-refractivity contribution in [1.82, 2.24) is 15.2 Å². The Kier molecular flexibility index (Phi) is 7.28. The number of ether oxygens (including phenoxy) is 1.